The first-order valence-corrected chi connectivity index (χ1v) is 11.9. The van der Waals surface area contributed by atoms with Crippen LogP contribution < -0.4 is 15.0 Å². The summed E-state index contributed by atoms with van der Waals surface area (Å²) in [6.07, 6.45) is 4.54. The summed E-state index contributed by atoms with van der Waals surface area (Å²) in [5, 5.41) is 14.0. The van der Waals surface area contributed by atoms with Crippen molar-refractivity contribution in [2.75, 3.05) is 43.5 Å². The molecular weight excluding hydrogens is 482 g/mol. The number of hydrogen-bond acceptors (Lipinski definition) is 8. The van der Waals surface area contributed by atoms with Crippen LogP contribution in [0.3, 0.4) is 0 Å². The van der Waals surface area contributed by atoms with Crippen molar-refractivity contribution in [1.82, 2.24) is 24.3 Å². The van der Waals surface area contributed by atoms with E-state index in [9.17, 15) is 9.90 Å². The minimum Gasteiger partial charge on any atom is -0.494 e. The lowest BCUT2D eigenvalue weighted by molar-refractivity contribution is -0.129. The highest BCUT2D eigenvalue weighted by molar-refractivity contribution is 6.32. The minimum atomic E-state index is -0.638. The molecule has 1 aromatic carbocycles. The Labute approximate surface area is 213 Å². The molecule has 0 bridgehead atoms. The molecule has 11 heteroatoms. The molecule has 1 fully saturated rings. The molecular formula is C25H26ClN7O3. The van der Waals surface area contributed by atoms with Gasteiger partial charge in [0.25, 0.3) is 0 Å². The lowest BCUT2D eigenvalue weighted by atomic mass is 10.2. The highest BCUT2D eigenvalue weighted by Gasteiger charge is 2.23. The molecule has 186 valence electrons. The molecule has 1 atom stereocenters. The van der Waals surface area contributed by atoms with E-state index in [1.807, 2.05) is 51.9 Å². The van der Waals surface area contributed by atoms with Gasteiger partial charge in [-0.3, -0.25) is 9.20 Å². The number of anilines is 3. The predicted molar refractivity (Wildman–Crippen MR) is 138 cm³/mol. The van der Waals surface area contributed by atoms with E-state index in [1.54, 1.807) is 24.4 Å². The summed E-state index contributed by atoms with van der Waals surface area (Å²) in [5.41, 5.74) is 3.65. The first-order valence-electron chi connectivity index (χ1n) is 11.5. The topological polar surface area (TPSA) is 108 Å². The van der Waals surface area contributed by atoms with Crippen molar-refractivity contribution in [2.24, 2.45) is 0 Å². The van der Waals surface area contributed by atoms with Crippen LogP contribution in [0, 0.1) is 0 Å². The average Bonchev–Trinajstić information content (AvgIpc) is 3.20. The molecule has 1 aliphatic rings. The van der Waals surface area contributed by atoms with Crippen molar-refractivity contribution in [3.8, 4) is 17.1 Å². The van der Waals surface area contributed by atoms with E-state index < -0.39 is 6.10 Å². The fourth-order valence-corrected chi connectivity index (χ4v) is 4.51. The molecule has 0 aliphatic carbocycles. The molecule has 0 saturated carbocycles. The number of nitrogens with one attached hydrogen (secondary N) is 1. The quantitative estimate of drug-likeness (QED) is 0.424. The maximum Gasteiger partial charge on any atom is 0.227 e. The Balaban J connectivity index is 1.40. The summed E-state index contributed by atoms with van der Waals surface area (Å²) >= 11 is 6.44. The maximum absolute atomic E-state index is 11.8. The van der Waals surface area contributed by atoms with Gasteiger partial charge in [0.2, 0.25) is 11.9 Å². The van der Waals surface area contributed by atoms with Crippen LogP contribution in [-0.4, -0.2) is 74.7 Å². The molecule has 5 rings (SSSR count). The second-order valence-electron chi connectivity index (χ2n) is 8.54. The van der Waals surface area contributed by atoms with Crippen LogP contribution in [0.15, 0.2) is 55.0 Å². The van der Waals surface area contributed by atoms with E-state index in [1.165, 1.54) is 6.92 Å². The van der Waals surface area contributed by atoms with Crippen molar-refractivity contribution in [3.63, 3.8) is 0 Å². The zero-order valence-electron chi connectivity index (χ0n) is 19.9. The van der Waals surface area contributed by atoms with Gasteiger partial charge in [0.1, 0.15) is 17.1 Å². The van der Waals surface area contributed by atoms with Crippen molar-refractivity contribution in [1.29, 1.82) is 0 Å². The van der Waals surface area contributed by atoms with Gasteiger partial charge in [-0.05, 0) is 24.3 Å². The highest BCUT2D eigenvalue weighted by Crippen LogP contribution is 2.33. The molecule has 0 radical (unpaired) electrons. The van der Waals surface area contributed by atoms with Crippen molar-refractivity contribution in [2.45, 2.75) is 13.0 Å². The van der Waals surface area contributed by atoms with E-state index in [-0.39, 0.29) is 5.91 Å². The first-order chi connectivity index (χ1) is 17.4. The number of hydrogen-bond donors (Lipinski definition) is 2. The zero-order chi connectivity index (χ0) is 25.2. The fraction of sp³-hybridized carbons (Fsp3) is 0.280. The number of ether oxygens (including phenoxy) is 1. The molecule has 1 amide bonds. The third kappa shape index (κ3) is 4.77. The van der Waals surface area contributed by atoms with Gasteiger partial charge < -0.3 is 25.0 Å². The van der Waals surface area contributed by atoms with Gasteiger partial charge in [0.05, 0.1) is 42.0 Å². The summed E-state index contributed by atoms with van der Waals surface area (Å²) in [4.78, 5) is 28.9. The van der Waals surface area contributed by atoms with Crippen LogP contribution in [0.4, 0.5) is 17.3 Å². The fourth-order valence-electron chi connectivity index (χ4n) is 4.33. The Kier molecular flexibility index (Phi) is 6.62. The number of benzene rings is 1. The molecule has 0 spiro atoms. The summed E-state index contributed by atoms with van der Waals surface area (Å²) < 4.78 is 7.55. The van der Waals surface area contributed by atoms with E-state index in [2.05, 4.69) is 20.3 Å². The molecule has 10 nitrogen and oxygen atoms in total. The second kappa shape index (κ2) is 10.00. The molecule has 36 heavy (non-hydrogen) atoms. The van der Waals surface area contributed by atoms with E-state index >= 15 is 0 Å². The van der Waals surface area contributed by atoms with Gasteiger partial charge in [0.15, 0.2) is 0 Å². The van der Waals surface area contributed by atoms with Crippen LogP contribution >= 0.6 is 11.6 Å². The van der Waals surface area contributed by atoms with Gasteiger partial charge in [-0.15, -0.1) is 0 Å². The second-order valence-corrected chi connectivity index (χ2v) is 8.94. The van der Waals surface area contributed by atoms with Crippen LogP contribution in [0.25, 0.3) is 17.0 Å². The third-order valence-corrected chi connectivity index (χ3v) is 6.42. The van der Waals surface area contributed by atoms with Gasteiger partial charge in [0, 0.05) is 51.1 Å². The number of imidazole rings is 1. The average molecular weight is 508 g/mol. The number of rotatable bonds is 5. The summed E-state index contributed by atoms with van der Waals surface area (Å²) in [5.74, 6) is 0.900. The van der Waals surface area contributed by atoms with Gasteiger partial charge in [-0.2, -0.15) is 0 Å². The largest absolute Gasteiger partial charge is 0.494 e. The third-order valence-electron chi connectivity index (χ3n) is 6.15. The SMILES string of the molecule is COc1cc(N2CCN(C(C)=O)C[C@@H](O)C2)ccc1Nc1ncc(Cl)c(-c2cnc3ccccn23)n1. The van der Waals surface area contributed by atoms with Crippen LogP contribution in [-0.2, 0) is 4.79 Å². The number of pyridine rings is 1. The van der Waals surface area contributed by atoms with E-state index in [0.29, 0.717) is 54.3 Å². The lowest BCUT2D eigenvalue weighted by Crippen LogP contribution is -2.36. The summed E-state index contributed by atoms with van der Waals surface area (Å²) in [6, 6.07) is 11.4. The summed E-state index contributed by atoms with van der Waals surface area (Å²) in [7, 11) is 1.59. The number of aliphatic hydroxyl groups is 1. The molecule has 0 unspecified atom stereocenters. The number of β-amino-alcohol motifs (C(OH)–C–C–N with tert-alkyl or cyclic N) is 1. The van der Waals surface area contributed by atoms with Gasteiger partial charge in [-0.25, -0.2) is 15.0 Å². The first kappa shape index (κ1) is 23.8. The number of carbonyl (C=O) groups is 1. The van der Waals surface area contributed by atoms with E-state index in [0.717, 1.165) is 17.0 Å². The number of amides is 1. The number of aromatic nitrogens is 4. The minimum absolute atomic E-state index is 0.0423. The molecule has 1 saturated heterocycles. The Morgan fingerprint density at radius 3 is 2.83 bits per heavy atom. The van der Waals surface area contributed by atoms with Gasteiger partial charge >= 0.3 is 0 Å². The molecule has 4 aromatic rings. The summed E-state index contributed by atoms with van der Waals surface area (Å²) in [6.45, 7) is 3.41. The number of nitrogens with zero attached hydrogens (tertiary/aromatic N) is 6. The Morgan fingerprint density at radius 1 is 1.17 bits per heavy atom. The number of methoxy groups -OCH3 is 1. The molecule has 3 aromatic heterocycles. The number of carbonyl (C=O) groups excluding carboxylic acids is 1. The number of fused-ring (bicyclic) bond motifs is 1. The van der Waals surface area contributed by atoms with Crippen LogP contribution in [0.2, 0.25) is 5.02 Å². The van der Waals surface area contributed by atoms with Crippen molar-refractivity contribution >= 4 is 40.5 Å². The molecule has 2 N–H and O–H groups in total. The smallest absolute Gasteiger partial charge is 0.227 e. The zero-order valence-corrected chi connectivity index (χ0v) is 20.7. The number of halogens is 1. The maximum atomic E-state index is 11.8. The Morgan fingerprint density at radius 2 is 2.03 bits per heavy atom. The molecule has 1 aliphatic heterocycles. The van der Waals surface area contributed by atoms with E-state index in [4.69, 9.17) is 16.3 Å². The highest BCUT2D eigenvalue weighted by atomic mass is 35.5. The standard InChI is InChI=1S/C25H26ClN7O3/c1-16(34)31-9-10-32(15-18(35)14-31)17-6-7-20(22(11-17)36-2)29-25-28-12-19(26)24(30-25)21-13-27-23-5-3-4-8-33(21)23/h3-8,11-13,18,35H,9-10,14-15H2,1-2H3,(H,28,29,30)/t18-/m1/s1. The predicted octanol–water partition coefficient (Wildman–Crippen LogP) is 3.23. The van der Waals surface area contributed by atoms with Crippen molar-refractivity contribution in [3.05, 3.63) is 60.0 Å². The van der Waals surface area contributed by atoms with Gasteiger partial charge in [-0.1, -0.05) is 17.7 Å². The van der Waals surface area contributed by atoms with Crippen molar-refractivity contribution < 1.29 is 14.6 Å². The number of aliphatic hydroxyl groups excluding tert-OH is 1. The van der Waals surface area contributed by atoms with Crippen LogP contribution in [0.5, 0.6) is 5.75 Å². The van der Waals surface area contributed by atoms with Crippen LogP contribution in [0.1, 0.15) is 6.92 Å². The molecule has 4 heterocycles. The Hall–Kier alpha value is -3.89. The lowest BCUT2D eigenvalue weighted by Gasteiger charge is -2.25. The monoisotopic (exact) mass is 507 g/mol. The Bertz CT molecular complexity index is 1410. The normalized spacial score (nSPS) is 16.2.